The molecule has 0 bridgehead atoms. The maximum atomic E-state index is 12.4. The van der Waals surface area contributed by atoms with Crippen LogP contribution in [0.2, 0.25) is 0 Å². The second-order valence-corrected chi connectivity index (χ2v) is 6.13. The van der Waals surface area contributed by atoms with Crippen molar-refractivity contribution in [1.82, 2.24) is 20.6 Å². The van der Waals surface area contributed by atoms with Gasteiger partial charge in [-0.15, -0.1) is 11.8 Å². The molecule has 1 aromatic heterocycles. The largest absolute Gasteiger partial charge is 0.355 e. The summed E-state index contributed by atoms with van der Waals surface area (Å²) in [5.74, 6) is -0.432. The number of H-pyrrole nitrogens is 1. The number of hydrogen-bond acceptors (Lipinski definition) is 5. The van der Waals surface area contributed by atoms with Crippen LogP contribution in [0, 0.1) is 6.92 Å². The number of rotatable bonds is 6. The van der Waals surface area contributed by atoms with Crippen LogP contribution in [-0.2, 0) is 6.42 Å². The monoisotopic (exact) mass is 360 g/mol. The highest BCUT2D eigenvalue weighted by molar-refractivity contribution is 7.98. The Morgan fingerprint density at radius 1 is 1.28 bits per heavy atom. The Morgan fingerprint density at radius 3 is 2.72 bits per heavy atom. The summed E-state index contributed by atoms with van der Waals surface area (Å²) < 4.78 is 0. The molecule has 1 heterocycles. The Morgan fingerprint density at radius 2 is 2.04 bits per heavy atom. The fraction of sp³-hybridized carbons (Fsp3) is 0.294. The van der Waals surface area contributed by atoms with E-state index in [0.717, 1.165) is 5.56 Å². The summed E-state index contributed by atoms with van der Waals surface area (Å²) in [7, 11) is 1.58. The summed E-state index contributed by atoms with van der Waals surface area (Å²) in [5, 5.41) is 5.81. The molecular formula is C17H20N4O3S. The zero-order chi connectivity index (χ0) is 18.4. The Balaban J connectivity index is 2.04. The van der Waals surface area contributed by atoms with Gasteiger partial charge >= 0.3 is 5.69 Å². The Hall–Kier alpha value is -2.61. The molecule has 25 heavy (non-hydrogen) atoms. The molecule has 3 N–H and O–H groups in total. The van der Waals surface area contributed by atoms with Gasteiger partial charge in [-0.2, -0.15) is 4.98 Å². The summed E-state index contributed by atoms with van der Waals surface area (Å²) in [4.78, 5) is 41.8. The molecule has 132 valence electrons. The minimum absolute atomic E-state index is 0.148. The predicted octanol–water partition coefficient (Wildman–Crippen LogP) is 1.13. The normalized spacial score (nSPS) is 10.4. The third-order valence-electron chi connectivity index (χ3n) is 3.62. The molecule has 0 aliphatic heterocycles. The lowest BCUT2D eigenvalue weighted by Gasteiger charge is -2.10. The minimum Gasteiger partial charge on any atom is -0.355 e. The highest BCUT2D eigenvalue weighted by Gasteiger charge is 2.16. The van der Waals surface area contributed by atoms with E-state index in [1.54, 1.807) is 32.4 Å². The number of amides is 2. The van der Waals surface area contributed by atoms with Crippen molar-refractivity contribution in [2.75, 3.05) is 19.8 Å². The molecule has 2 amide bonds. The van der Waals surface area contributed by atoms with Gasteiger partial charge in [0.15, 0.2) is 0 Å². The number of aromatic amines is 1. The second kappa shape index (κ2) is 8.48. The van der Waals surface area contributed by atoms with Gasteiger partial charge in [0, 0.05) is 24.8 Å². The number of carbonyl (C=O) groups is 2. The topological polar surface area (TPSA) is 104 Å². The van der Waals surface area contributed by atoms with E-state index >= 15 is 0 Å². The zero-order valence-electron chi connectivity index (χ0n) is 14.3. The van der Waals surface area contributed by atoms with E-state index < -0.39 is 5.69 Å². The van der Waals surface area contributed by atoms with E-state index in [9.17, 15) is 14.4 Å². The number of aryl methyl sites for hydroxylation is 1. The van der Waals surface area contributed by atoms with Gasteiger partial charge in [-0.25, -0.2) is 4.79 Å². The smallest absolute Gasteiger partial charge is 0.346 e. The van der Waals surface area contributed by atoms with Gasteiger partial charge in [0.05, 0.1) is 5.56 Å². The minimum atomic E-state index is -0.468. The molecule has 0 unspecified atom stereocenters. The molecule has 0 saturated heterocycles. The van der Waals surface area contributed by atoms with Crippen LogP contribution < -0.4 is 16.3 Å². The first-order valence-corrected chi connectivity index (χ1v) is 8.93. The van der Waals surface area contributed by atoms with E-state index in [2.05, 4.69) is 20.6 Å². The second-order valence-electron chi connectivity index (χ2n) is 5.34. The molecule has 1 aromatic carbocycles. The lowest BCUT2D eigenvalue weighted by atomic mass is 10.1. The van der Waals surface area contributed by atoms with Crippen molar-refractivity contribution >= 4 is 23.6 Å². The summed E-state index contributed by atoms with van der Waals surface area (Å²) >= 11 is 1.25. The summed E-state index contributed by atoms with van der Waals surface area (Å²) in [6, 6.07) is 7.24. The maximum absolute atomic E-state index is 12.4. The van der Waals surface area contributed by atoms with E-state index in [1.807, 2.05) is 12.1 Å². The first-order chi connectivity index (χ1) is 12.0. The number of aromatic nitrogens is 2. The van der Waals surface area contributed by atoms with E-state index in [0.29, 0.717) is 34.8 Å². The molecule has 0 aliphatic rings. The molecule has 0 aliphatic carbocycles. The van der Waals surface area contributed by atoms with Gasteiger partial charge in [-0.05, 0) is 37.3 Å². The molecule has 0 radical (unpaired) electrons. The van der Waals surface area contributed by atoms with Gasteiger partial charge in [-0.1, -0.05) is 12.1 Å². The molecule has 0 fully saturated rings. The molecule has 2 aromatic rings. The van der Waals surface area contributed by atoms with E-state index in [1.165, 1.54) is 11.8 Å². The average Bonchev–Trinajstić information content (AvgIpc) is 2.60. The number of hydrogen-bond donors (Lipinski definition) is 3. The Kier molecular flexibility index (Phi) is 6.35. The van der Waals surface area contributed by atoms with Crippen molar-refractivity contribution in [3.05, 3.63) is 57.1 Å². The van der Waals surface area contributed by atoms with Gasteiger partial charge in [0.2, 0.25) is 0 Å². The van der Waals surface area contributed by atoms with Crippen molar-refractivity contribution in [3.63, 3.8) is 0 Å². The van der Waals surface area contributed by atoms with Crippen LogP contribution >= 0.6 is 11.8 Å². The number of benzene rings is 1. The van der Waals surface area contributed by atoms with Crippen LogP contribution in [0.25, 0.3) is 0 Å². The lowest BCUT2D eigenvalue weighted by molar-refractivity contribution is 0.0944. The Bertz CT molecular complexity index is 848. The van der Waals surface area contributed by atoms with Crippen molar-refractivity contribution in [3.8, 4) is 0 Å². The fourth-order valence-corrected chi connectivity index (χ4v) is 3.02. The Labute approximate surface area is 149 Å². The fourth-order valence-electron chi connectivity index (χ4n) is 2.40. The van der Waals surface area contributed by atoms with Gasteiger partial charge in [0.25, 0.3) is 11.8 Å². The third kappa shape index (κ3) is 4.69. The van der Waals surface area contributed by atoms with Crippen LogP contribution in [0.3, 0.4) is 0 Å². The SMILES string of the molecule is CNC(=O)c1cccc(CCNC(=O)c2c(SC)nc(=O)[nH]c2C)c1. The lowest BCUT2D eigenvalue weighted by Crippen LogP contribution is -2.29. The number of carbonyl (C=O) groups excluding carboxylic acids is 2. The van der Waals surface area contributed by atoms with Gasteiger partial charge in [-0.3, -0.25) is 9.59 Å². The van der Waals surface area contributed by atoms with Gasteiger partial charge < -0.3 is 15.6 Å². The highest BCUT2D eigenvalue weighted by Crippen LogP contribution is 2.17. The average molecular weight is 360 g/mol. The molecule has 7 nitrogen and oxygen atoms in total. The molecule has 0 spiro atoms. The van der Waals surface area contributed by atoms with Crippen molar-refractivity contribution < 1.29 is 9.59 Å². The summed E-state index contributed by atoms with van der Waals surface area (Å²) in [6.45, 7) is 2.08. The number of nitrogens with zero attached hydrogens (tertiary/aromatic N) is 1. The molecule has 0 atom stereocenters. The summed E-state index contributed by atoms with van der Waals surface area (Å²) in [5.41, 5.74) is 1.93. The molecule has 0 saturated carbocycles. The summed E-state index contributed by atoms with van der Waals surface area (Å²) in [6.07, 6.45) is 2.35. The molecular weight excluding hydrogens is 340 g/mol. The number of nitrogens with one attached hydrogen (secondary N) is 3. The first-order valence-electron chi connectivity index (χ1n) is 7.70. The van der Waals surface area contributed by atoms with Crippen LogP contribution in [0.15, 0.2) is 34.1 Å². The van der Waals surface area contributed by atoms with E-state index in [4.69, 9.17) is 0 Å². The van der Waals surface area contributed by atoms with Crippen LogP contribution in [-0.4, -0.2) is 41.6 Å². The van der Waals surface area contributed by atoms with E-state index in [-0.39, 0.29) is 11.8 Å². The number of thioether (sulfide) groups is 1. The van der Waals surface area contributed by atoms with Gasteiger partial charge in [0.1, 0.15) is 5.03 Å². The molecule has 8 heteroatoms. The highest BCUT2D eigenvalue weighted by atomic mass is 32.2. The van der Waals surface area contributed by atoms with Crippen LogP contribution in [0.5, 0.6) is 0 Å². The zero-order valence-corrected chi connectivity index (χ0v) is 15.1. The maximum Gasteiger partial charge on any atom is 0.346 e. The van der Waals surface area contributed by atoms with Crippen molar-refractivity contribution in [2.45, 2.75) is 18.4 Å². The van der Waals surface area contributed by atoms with Crippen LogP contribution in [0.4, 0.5) is 0 Å². The van der Waals surface area contributed by atoms with Crippen molar-refractivity contribution in [2.24, 2.45) is 0 Å². The standard InChI is InChI=1S/C17H20N4O3S/c1-10-13(16(25-3)21-17(24)20-10)15(23)19-8-7-11-5-4-6-12(9-11)14(22)18-2/h4-6,9H,7-8H2,1-3H3,(H,18,22)(H,19,23)(H,20,21,24). The third-order valence-corrected chi connectivity index (χ3v) is 4.30. The predicted molar refractivity (Wildman–Crippen MR) is 97.2 cm³/mol. The van der Waals surface area contributed by atoms with Crippen molar-refractivity contribution in [1.29, 1.82) is 0 Å². The molecule has 2 rings (SSSR count). The van der Waals surface area contributed by atoms with Crippen LogP contribution in [0.1, 0.15) is 32.0 Å². The first kappa shape index (κ1) is 18.7. The quantitative estimate of drug-likeness (QED) is 0.529.